The zero-order valence-corrected chi connectivity index (χ0v) is 11.3. The highest BCUT2D eigenvalue weighted by atomic mass is 32.1. The van der Waals surface area contributed by atoms with E-state index in [2.05, 4.69) is 10.6 Å². The molecule has 3 N–H and O–H groups in total. The van der Waals surface area contributed by atoms with Crippen molar-refractivity contribution in [3.8, 4) is 0 Å². The van der Waals surface area contributed by atoms with Gasteiger partial charge in [-0.25, -0.2) is 0 Å². The van der Waals surface area contributed by atoms with Gasteiger partial charge in [0, 0.05) is 12.6 Å². The molecule has 0 aliphatic rings. The summed E-state index contributed by atoms with van der Waals surface area (Å²) < 4.78 is 0. The summed E-state index contributed by atoms with van der Waals surface area (Å²) in [4.78, 5) is 11.6. The fraction of sp³-hybridized carbons (Fsp3) is 0.583. The number of thiophene rings is 1. The van der Waals surface area contributed by atoms with Gasteiger partial charge in [0.05, 0.1) is 12.1 Å². The summed E-state index contributed by atoms with van der Waals surface area (Å²) in [6, 6.07) is 1.72. The summed E-state index contributed by atoms with van der Waals surface area (Å²) in [5, 5.41) is 19.5. The number of aliphatic hydroxyl groups excluding tert-OH is 1. The van der Waals surface area contributed by atoms with E-state index in [-0.39, 0.29) is 18.0 Å². The lowest BCUT2D eigenvalue weighted by molar-refractivity contribution is -0.123. The number of rotatable bonds is 6. The standard InChI is InChI=1S/C12H20N2O2S/c1-8(2)14-12(16)9(3)13-6-11(15)10-4-5-17-7-10/h4-5,7-9,11,13,15H,6H2,1-3H3,(H,14,16). The molecular formula is C12H20N2O2S. The molecule has 0 aliphatic carbocycles. The first-order chi connectivity index (χ1) is 8.00. The van der Waals surface area contributed by atoms with Gasteiger partial charge in [0.25, 0.3) is 0 Å². The zero-order valence-electron chi connectivity index (χ0n) is 10.4. The van der Waals surface area contributed by atoms with Crippen LogP contribution < -0.4 is 10.6 Å². The van der Waals surface area contributed by atoms with Crippen molar-refractivity contribution in [3.05, 3.63) is 22.4 Å². The van der Waals surface area contributed by atoms with Crippen LogP contribution >= 0.6 is 11.3 Å². The quantitative estimate of drug-likeness (QED) is 0.718. The number of aliphatic hydroxyl groups is 1. The van der Waals surface area contributed by atoms with Crippen molar-refractivity contribution in [3.63, 3.8) is 0 Å². The second kappa shape index (κ2) is 6.74. The molecule has 0 bridgehead atoms. The monoisotopic (exact) mass is 256 g/mol. The Morgan fingerprint density at radius 3 is 2.71 bits per heavy atom. The minimum atomic E-state index is -0.560. The molecule has 0 aliphatic heterocycles. The summed E-state index contributed by atoms with van der Waals surface area (Å²) in [7, 11) is 0. The van der Waals surface area contributed by atoms with Gasteiger partial charge < -0.3 is 15.7 Å². The van der Waals surface area contributed by atoms with Crippen LogP contribution in [0.15, 0.2) is 16.8 Å². The van der Waals surface area contributed by atoms with Gasteiger partial charge in [-0.1, -0.05) is 0 Å². The van der Waals surface area contributed by atoms with Crippen LogP contribution in [0.2, 0.25) is 0 Å². The average molecular weight is 256 g/mol. The number of carbonyl (C=O) groups excluding carboxylic acids is 1. The van der Waals surface area contributed by atoms with E-state index in [0.29, 0.717) is 6.54 Å². The van der Waals surface area contributed by atoms with Crippen LogP contribution in [0.3, 0.4) is 0 Å². The van der Waals surface area contributed by atoms with Crippen molar-refractivity contribution in [2.24, 2.45) is 0 Å². The van der Waals surface area contributed by atoms with Gasteiger partial charge in [0.1, 0.15) is 0 Å². The molecule has 1 heterocycles. The lowest BCUT2D eigenvalue weighted by atomic mass is 10.2. The molecule has 1 amide bonds. The summed E-state index contributed by atoms with van der Waals surface area (Å²) in [5.74, 6) is -0.0440. The van der Waals surface area contributed by atoms with E-state index in [4.69, 9.17) is 0 Å². The van der Waals surface area contributed by atoms with Crippen molar-refractivity contribution in [2.75, 3.05) is 6.54 Å². The summed E-state index contributed by atoms with van der Waals surface area (Å²) in [6.45, 7) is 6.01. The Morgan fingerprint density at radius 1 is 1.47 bits per heavy atom. The molecule has 0 aromatic carbocycles. The van der Waals surface area contributed by atoms with E-state index in [9.17, 15) is 9.90 Å². The molecule has 0 saturated carbocycles. The van der Waals surface area contributed by atoms with Gasteiger partial charge in [-0.15, -0.1) is 0 Å². The van der Waals surface area contributed by atoms with Crippen molar-refractivity contribution in [1.82, 2.24) is 10.6 Å². The van der Waals surface area contributed by atoms with Gasteiger partial charge in [-0.2, -0.15) is 11.3 Å². The van der Waals surface area contributed by atoms with E-state index in [1.807, 2.05) is 30.7 Å². The average Bonchev–Trinajstić information content (AvgIpc) is 2.77. The molecule has 0 saturated heterocycles. The van der Waals surface area contributed by atoms with Crippen LogP contribution in [-0.2, 0) is 4.79 Å². The Hall–Kier alpha value is -0.910. The molecule has 5 heteroatoms. The minimum Gasteiger partial charge on any atom is -0.387 e. The van der Waals surface area contributed by atoms with E-state index >= 15 is 0 Å². The molecule has 17 heavy (non-hydrogen) atoms. The van der Waals surface area contributed by atoms with E-state index < -0.39 is 6.10 Å². The molecule has 0 spiro atoms. The highest BCUT2D eigenvalue weighted by Crippen LogP contribution is 2.15. The number of hydrogen-bond acceptors (Lipinski definition) is 4. The van der Waals surface area contributed by atoms with Crippen molar-refractivity contribution >= 4 is 17.2 Å². The molecule has 1 rings (SSSR count). The Kier molecular flexibility index (Phi) is 5.61. The largest absolute Gasteiger partial charge is 0.387 e. The molecule has 1 aromatic heterocycles. The van der Waals surface area contributed by atoms with Gasteiger partial charge in [-0.3, -0.25) is 4.79 Å². The van der Waals surface area contributed by atoms with Crippen molar-refractivity contribution < 1.29 is 9.90 Å². The third-order valence-electron chi connectivity index (χ3n) is 2.37. The molecule has 0 radical (unpaired) electrons. The molecule has 96 valence electrons. The Morgan fingerprint density at radius 2 is 2.18 bits per heavy atom. The Bertz CT molecular complexity index is 338. The lowest BCUT2D eigenvalue weighted by Gasteiger charge is -2.17. The van der Waals surface area contributed by atoms with Crippen LogP contribution in [0.1, 0.15) is 32.4 Å². The number of amides is 1. The van der Waals surface area contributed by atoms with Crippen molar-refractivity contribution in [2.45, 2.75) is 39.0 Å². The number of nitrogens with one attached hydrogen (secondary N) is 2. The summed E-state index contributed by atoms with van der Waals surface area (Å²) >= 11 is 1.55. The summed E-state index contributed by atoms with van der Waals surface area (Å²) in [6.07, 6.45) is -0.560. The smallest absolute Gasteiger partial charge is 0.237 e. The topological polar surface area (TPSA) is 61.4 Å². The van der Waals surface area contributed by atoms with Gasteiger partial charge in [-0.05, 0) is 43.2 Å². The Labute approximate surface area is 106 Å². The fourth-order valence-corrected chi connectivity index (χ4v) is 2.08. The highest BCUT2D eigenvalue weighted by molar-refractivity contribution is 7.07. The molecular weight excluding hydrogens is 236 g/mol. The maximum absolute atomic E-state index is 11.6. The number of carbonyl (C=O) groups is 1. The molecule has 2 unspecified atom stereocenters. The SMILES string of the molecule is CC(C)NC(=O)C(C)NCC(O)c1ccsc1. The van der Waals surface area contributed by atoms with Gasteiger partial charge >= 0.3 is 0 Å². The van der Waals surface area contributed by atoms with Crippen LogP contribution in [-0.4, -0.2) is 29.6 Å². The third kappa shape index (κ3) is 4.85. The van der Waals surface area contributed by atoms with Crippen LogP contribution in [0.5, 0.6) is 0 Å². The highest BCUT2D eigenvalue weighted by Gasteiger charge is 2.15. The number of hydrogen-bond donors (Lipinski definition) is 3. The van der Waals surface area contributed by atoms with Crippen LogP contribution in [0.25, 0.3) is 0 Å². The summed E-state index contributed by atoms with van der Waals surface area (Å²) in [5.41, 5.74) is 0.888. The van der Waals surface area contributed by atoms with Gasteiger partial charge in [0.2, 0.25) is 5.91 Å². The first kappa shape index (κ1) is 14.2. The third-order valence-corrected chi connectivity index (χ3v) is 3.07. The van der Waals surface area contributed by atoms with Crippen LogP contribution in [0.4, 0.5) is 0 Å². The maximum Gasteiger partial charge on any atom is 0.237 e. The first-order valence-corrected chi connectivity index (χ1v) is 6.69. The normalized spacial score (nSPS) is 14.6. The minimum absolute atomic E-state index is 0.0440. The molecule has 0 fully saturated rings. The Balaban J connectivity index is 2.33. The lowest BCUT2D eigenvalue weighted by Crippen LogP contribution is -2.45. The first-order valence-electron chi connectivity index (χ1n) is 5.74. The van der Waals surface area contributed by atoms with Crippen LogP contribution in [0, 0.1) is 0 Å². The molecule has 2 atom stereocenters. The second-order valence-electron chi connectivity index (χ2n) is 4.37. The van der Waals surface area contributed by atoms with E-state index in [0.717, 1.165) is 5.56 Å². The molecule has 4 nitrogen and oxygen atoms in total. The molecule has 1 aromatic rings. The van der Waals surface area contributed by atoms with E-state index in [1.54, 1.807) is 18.3 Å². The van der Waals surface area contributed by atoms with Gasteiger partial charge in [0.15, 0.2) is 0 Å². The van der Waals surface area contributed by atoms with E-state index in [1.165, 1.54) is 0 Å². The predicted molar refractivity (Wildman–Crippen MR) is 70.0 cm³/mol. The predicted octanol–water partition coefficient (Wildman–Crippen LogP) is 1.28. The zero-order chi connectivity index (χ0) is 12.8. The van der Waals surface area contributed by atoms with Crippen molar-refractivity contribution in [1.29, 1.82) is 0 Å². The second-order valence-corrected chi connectivity index (χ2v) is 5.15. The fourth-order valence-electron chi connectivity index (χ4n) is 1.37. The maximum atomic E-state index is 11.6.